The fraction of sp³-hybridized carbons (Fsp3) is 0.560. The molecule has 2 saturated heterocycles. The minimum Gasteiger partial charge on any atom is -0.495 e. The number of benzene rings is 1. The smallest absolute Gasteiger partial charge is 0.250 e. The predicted molar refractivity (Wildman–Crippen MR) is 124 cm³/mol. The quantitative estimate of drug-likeness (QED) is 0.716. The third-order valence-electron chi connectivity index (χ3n) is 7.30. The van der Waals surface area contributed by atoms with Crippen LogP contribution < -0.4 is 15.2 Å². The zero-order valence-corrected chi connectivity index (χ0v) is 18.6. The van der Waals surface area contributed by atoms with Gasteiger partial charge in [0, 0.05) is 63.5 Å². The van der Waals surface area contributed by atoms with Crippen LogP contribution in [0.25, 0.3) is 0 Å². The number of aromatic nitrogens is 1. The highest BCUT2D eigenvalue weighted by atomic mass is 16.5. The molecule has 0 spiro atoms. The Balaban J connectivity index is 1.09. The van der Waals surface area contributed by atoms with Crippen LogP contribution in [0.5, 0.6) is 5.75 Å². The van der Waals surface area contributed by atoms with Gasteiger partial charge in [-0.2, -0.15) is 0 Å². The van der Waals surface area contributed by atoms with Crippen LogP contribution in [-0.4, -0.2) is 73.8 Å². The summed E-state index contributed by atoms with van der Waals surface area (Å²) >= 11 is 0. The monoisotopic (exact) mass is 422 g/mol. The van der Waals surface area contributed by atoms with Crippen LogP contribution in [0.2, 0.25) is 0 Å². The number of ether oxygens (including phenoxy) is 1. The third-order valence-corrected chi connectivity index (χ3v) is 7.30. The molecule has 2 bridgehead atoms. The van der Waals surface area contributed by atoms with E-state index in [0.29, 0.717) is 11.8 Å². The first-order chi connectivity index (χ1) is 15.2. The molecular formula is C25H34N4O2. The molecule has 1 aromatic heterocycles. The van der Waals surface area contributed by atoms with E-state index in [2.05, 4.69) is 32.9 Å². The van der Waals surface area contributed by atoms with E-state index in [4.69, 9.17) is 4.74 Å². The molecule has 0 radical (unpaired) electrons. The lowest BCUT2D eigenvalue weighted by molar-refractivity contribution is 0.114. The zero-order chi connectivity index (χ0) is 21.2. The van der Waals surface area contributed by atoms with Crippen LogP contribution in [0.1, 0.15) is 24.5 Å². The van der Waals surface area contributed by atoms with Gasteiger partial charge in [0.15, 0.2) is 0 Å². The molecular weight excluding hydrogens is 388 g/mol. The van der Waals surface area contributed by atoms with E-state index >= 15 is 0 Å². The lowest BCUT2D eigenvalue weighted by Gasteiger charge is -2.43. The van der Waals surface area contributed by atoms with E-state index in [1.165, 1.54) is 30.8 Å². The van der Waals surface area contributed by atoms with Crippen LogP contribution in [0.4, 0.5) is 5.69 Å². The first kappa shape index (κ1) is 20.6. The normalized spacial score (nSPS) is 24.1. The van der Waals surface area contributed by atoms with Crippen molar-refractivity contribution in [3.05, 3.63) is 58.5 Å². The molecule has 5 rings (SSSR count). The van der Waals surface area contributed by atoms with Crippen molar-refractivity contribution in [1.29, 1.82) is 0 Å². The number of piperazine rings is 1. The first-order valence-corrected chi connectivity index (χ1v) is 11.7. The van der Waals surface area contributed by atoms with Gasteiger partial charge < -0.3 is 19.1 Å². The SMILES string of the molecule is COc1ccccc1N1CCN(CCCN2C[C@@H]3C[C@H](C2)c2cccc(=O)n2C3)CC1. The van der Waals surface area contributed by atoms with Gasteiger partial charge in [0.05, 0.1) is 12.8 Å². The van der Waals surface area contributed by atoms with E-state index in [1.54, 1.807) is 13.2 Å². The molecule has 3 aliphatic heterocycles. The Kier molecular flexibility index (Phi) is 6.01. The molecule has 3 aliphatic rings. The van der Waals surface area contributed by atoms with E-state index in [1.807, 2.05) is 22.8 Å². The van der Waals surface area contributed by atoms with Crippen molar-refractivity contribution < 1.29 is 4.74 Å². The third kappa shape index (κ3) is 4.37. The Hall–Kier alpha value is -2.31. The van der Waals surface area contributed by atoms with Crippen LogP contribution >= 0.6 is 0 Å². The van der Waals surface area contributed by atoms with E-state index < -0.39 is 0 Å². The fourth-order valence-electron chi connectivity index (χ4n) is 5.80. The maximum atomic E-state index is 12.2. The van der Waals surface area contributed by atoms with Crippen molar-refractivity contribution in [2.75, 3.05) is 64.4 Å². The molecule has 2 fully saturated rings. The van der Waals surface area contributed by atoms with Gasteiger partial charge in [-0.1, -0.05) is 18.2 Å². The fourth-order valence-corrected chi connectivity index (χ4v) is 5.80. The highest BCUT2D eigenvalue weighted by Gasteiger charge is 2.34. The van der Waals surface area contributed by atoms with Gasteiger partial charge in [0.1, 0.15) is 5.75 Å². The number of fused-ring (bicyclic) bond motifs is 4. The minimum absolute atomic E-state index is 0.174. The van der Waals surface area contributed by atoms with Gasteiger partial charge in [-0.05, 0) is 50.0 Å². The maximum Gasteiger partial charge on any atom is 0.250 e. The molecule has 1 aromatic carbocycles. The molecule has 4 heterocycles. The van der Waals surface area contributed by atoms with E-state index in [9.17, 15) is 4.79 Å². The number of methoxy groups -OCH3 is 1. The van der Waals surface area contributed by atoms with Gasteiger partial charge in [0.25, 0.3) is 5.56 Å². The van der Waals surface area contributed by atoms with Gasteiger partial charge in [-0.3, -0.25) is 9.69 Å². The topological polar surface area (TPSA) is 41.0 Å². The average Bonchev–Trinajstić information content (AvgIpc) is 2.80. The van der Waals surface area contributed by atoms with Gasteiger partial charge in [-0.25, -0.2) is 0 Å². The van der Waals surface area contributed by atoms with Crippen molar-refractivity contribution in [3.8, 4) is 5.75 Å². The second-order valence-corrected chi connectivity index (χ2v) is 9.31. The number of piperidine rings is 1. The summed E-state index contributed by atoms with van der Waals surface area (Å²) in [4.78, 5) is 19.9. The number of anilines is 1. The summed E-state index contributed by atoms with van der Waals surface area (Å²) in [5.41, 5.74) is 2.64. The molecule has 0 unspecified atom stereocenters. The second-order valence-electron chi connectivity index (χ2n) is 9.31. The molecule has 31 heavy (non-hydrogen) atoms. The van der Waals surface area contributed by atoms with Crippen LogP contribution in [0.15, 0.2) is 47.3 Å². The van der Waals surface area contributed by atoms with Crippen molar-refractivity contribution >= 4 is 5.69 Å². The number of likely N-dealkylation sites (tertiary alicyclic amines) is 1. The molecule has 6 nitrogen and oxygen atoms in total. The summed E-state index contributed by atoms with van der Waals surface area (Å²) in [5.74, 6) is 2.11. The van der Waals surface area contributed by atoms with Crippen molar-refractivity contribution in [2.45, 2.75) is 25.3 Å². The van der Waals surface area contributed by atoms with E-state index in [-0.39, 0.29) is 5.56 Å². The Bertz CT molecular complexity index is 951. The molecule has 0 amide bonds. The van der Waals surface area contributed by atoms with Gasteiger partial charge in [-0.15, -0.1) is 0 Å². The van der Waals surface area contributed by atoms with Crippen LogP contribution in [-0.2, 0) is 6.54 Å². The highest BCUT2D eigenvalue weighted by Crippen LogP contribution is 2.35. The summed E-state index contributed by atoms with van der Waals surface area (Å²) in [6.07, 6.45) is 2.46. The van der Waals surface area contributed by atoms with Crippen LogP contribution in [0, 0.1) is 5.92 Å². The number of rotatable bonds is 6. The predicted octanol–water partition coefficient (Wildman–Crippen LogP) is 2.49. The standard InChI is InChI=1S/C25H34N4O2/c1-31-24-8-3-2-6-23(24)28-14-12-26(13-15-28)10-5-11-27-17-20-16-21(19-27)22-7-4-9-25(30)29(22)18-20/h2-4,6-9,20-21H,5,10-19H2,1H3/t20-,21+/m0/s1. The van der Waals surface area contributed by atoms with E-state index in [0.717, 1.165) is 58.1 Å². The Morgan fingerprint density at radius 3 is 2.55 bits per heavy atom. The number of nitrogens with zero attached hydrogens (tertiary/aromatic N) is 4. The van der Waals surface area contributed by atoms with Crippen molar-refractivity contribution in [2.24, 2.45) is 5.92 Å². The zero-order valence-electron chi connectivity index (χ0n) is 18.6. The Morgan fingerprint density at radius 1 is 0.903 bits per heavy atom. The summed E-state index contributed by atoms with van der Waals surface area (Å²) in [6.45, 7) is 9.80. The molecule has 6 heteroatoms. The maximum absolute atomic E-state index is 12.2. The Morgan fingerprint density at radius 2 is 1.71 bits per heavy atom. The lowest BCUT2D eigenvalue weighted by Crippen LogP contribution is -2.49. The van der Waals surface area contributed by atoms with Crippen molar-refractivity contribution in [3.63, 3.8) is 0 Å². The molecule has 0 aliphatic carbocycles. The largest absolute Gasteiger partial charge is 0.495 e. The summed E-state index contributed by atoms with van der Waals surface area (Å²) in [7, 11) is 1.75. The molecule has 0 N–H and O–H groups in total. The molecule has 166 valence electrons. The molecule has 2 aromatic rings. The Labute approximate surface area is 185 Å². The summed E-state index contributed by atoms with van der Waals surface area (Å²) in [6, 6.07) is 14.1. The van der Waals surface area contributed by atoms with Gasteiger partial charge >= 0.3 is 0 Å². The number of para-hydroxylation sites is 2. The average molecular weight is 423 g/mol. The minimum atomic E-state index is 0.174. The number of hydrogen-bond acceptors (Lipinski definition) is 5. The van der Waals surface area contributed by atoms with Crippen molar-refractivity contribution in [1.82, 2.24) is 14.4 Å². The summed E-state index contributed by atoms with van der Waals surface area (Å²) in [5, 5.41) is 0. The van der Waals surface area contributed by atoms with Crippen LogP contribution in [0.3, 0.4) is 0 Å². The summed E-state index contributed by atoms with van der Waals surface area (Å²) < 4.78 is 7.56. The number of pyridine rings is 1. The number of hydrogen-bond donors (Lipinski definition) is 0. The lowest BCUT2D eigenvalue weighted by atomic mass is 9.83. The first-order valence-electron chi connectivity index (χ1n) is 11.7. The second kappa shape index (κ2) is 9.05. The molecule has 2 atom stereocenters. The molecule has 0 saturated carbocycles. The van der Waals surface area contributed by atoms with Gasteiger partial charge in [0.2, 0.25) is 0 Å². The highest BCUT2D eigenvalue weighted by molar-refractivity contribution is 5.58.